The second-order valence-electron chi connectivity index (χ2n) is 5.23. The Morgan fingerprint density at radius 3 is 2.86 bits per heavy atom. The van der Waals surface area contributed by atoms with Gasteiger partial charge in [-0.15, -0.1) is 0 Å². The highest BCUT2D eigenvalue weighted by Crippen LogP contribution is 2.31. The molecule has 0 spiro atoms. The van der Waals surface area contributed by atoms with Gasteiger partial charge in [0.25, 0.3) is 5.56 Å². The van der Waals surface area contributed by atoms with Crippen LogP contribution in [0.25, 0.3) is 22.3 Å². The molecule has 0 unspecified atom stereocenters. The summed E-state index contributed by atoms with van der Waals surface area (Å²) < 4.78 is 6.33. The third kappa shape index (κ3) is 1.75. The highest BCUT2D eigenvalue weighted by molar-refractivity contribution is 5.91. The molecular formula is C17H12N2O3. The van der Waals surface area contributed by atoms with Crippen LogP contribution in [0.4, 0.5) is 0 Å². The highest BCUT2D eigenvalue weighted by atomic mass is 16.5. The van der Waals surface area contributed by atoms with Crippen LogP contribution in [0.3, 0.4) is 0 Å². The first kappa shape index (κ1) is 12.8. The molecule has 1 aromatic carbocycles. The summed E-state index contributed by atoms with van der Waals surface area (Å²) >= 11 is 0. The Hall–Kier alpha value is -2.95. The molecule has 0 saturated heterocycles. The number of hydrogen-bond acceptors (Lipinski definition) is 4. The van der Waals surface area contributed by atoms with E-state index in [1.807, 2.05) is 30.3 Å². The number of nitrogens with zero attached hydrogens (tertiary/aromatic N) is 2. The maximum atomic E-state index is 12.2. The molecule has 0 aliphatic carbocycles. The summed E-state index contributed by atoms with van der Waals surface area (Å²) in [6.07, 6.45) is 0. The van der Waals surface area contributed by atoms with Crippen LogP contribution in [0.5, 0.6) is 0 Å². The molecule has 0 radical (unpaired) electrons. The fraction of sp³-hybridized carbons (Fsp3) is 0.118. The normalized spacial score (nSPS) is 12.0. The van der Waals surface area contributed by atoms with Gasteiger partial charge in [-0.1, -0.05) is 18.2 Å². The van der Waals surface area contributed by atoms with Gasteiger partial charge in [-0.2, -0.15) is 0 Å². The molecule has 0 N–H and O–H groups in total. The number of ether oxygens (including phenoxy) is 1. The predicted molar refractivity (Wildman–Crippen MR) is 81.9 cm³/mol. The van der Waals surface area contributed by atoms with Crippen LogP contribution in [0.2, 0.25) is 0 Å². The van der Waals surface area contributed by atoms with Crippen molar-refractivity contribution in [2.75, 3.05) is 7.11 Å². The first-order valence-corrected chi connectivity index (χ1v) is 6.89. The monoisotopic (exact) mass is 292 g/mol. The van der Waals surface area contributed by atoms with E-state index in [4.69, 9.17) is 4.74 Å². The zero-order chi connectivity index (χ0) is 15.3. The molecule has 5 nitrogen and oxygen atoms in total. The lowest BCUT2D eigenvalue weighted by molar-refractivity contribution is 0.0600. The number of carbonyl (C=O) groups is 1. The Morgan fingerprint density at radius 2 is 2.05 bits per heavy atom. The molecule has 22 heavy (non-hydrogen) atoms. The number of carbonyl (C=O) groups excluding carboxylic acids is 1. The van der Waals surface area contributed by atoms with Crippen LogP contribution >= 0.6 is 0 Å². The van der Waals surface area contributed by atoms with Crippen molar-refractivity contribution in [1.82, 2.24) is 9.55 Å². The van der Waals surface area contributed by atoms with Crippen LogP contribution in [-0.2, 0) is 11.3 Å². The molecule has 0 atom stereocenters. The number of pyridine rings is 2. The van der Waals surface area contributed by atoms with E-state index in [1.165, 1.54) is 13.2 Å². The van der Waals surface area contributed by atoms with Crippen molar-refractivity contribution in [2.24, 2.45) is 0 Å². The molecule has 1 aliphatic heterocycles. The van der Waals surface area contributed by atoms with Gasteiger partial charge >= 0.3 is 5.97 Å². The first-order chi connectivity index (χ1) is 10.7. The summed E-state index contributed by atoms with van der Waals surface area (Å²) in [6, 6.07) is 12.8. The Labute approximate surface area is 125 Å². The van der Waals surface area contributed by atoms with E-state index in [-0.39, 0.29) is 11.1 Å². The lowest BCUT2D eigenvalue weighted by atomic mass is 10.1. The smallest absolute Gasteiger partial charge is 0.338 e. The first-order valence-electron chi connectivity index (χ1n) is 6.89. The maximum Gasteiger partial charge on any atom is 0.338 e. The Kier molecular flexibility index (Phi) is 2.63. The van der Waals surface area contributed by atoms with Crippen molar-refractivity contribution in [3.05, 3.63) is 63.9 Å². The molecule has 108 valence electrons. The molecule has 2 aromatic heterocycles. The molecule has 0 saturated carbocycles. The minimum absolute atomic E-state index is 0.222. The van der Waals surface area contributed by atoms with E-state index in [0.717, 1.165) is 22.2 Å². The Bertz CT molecular complexity index is 989. The summed E-state index contributed by atoms with van der Waals surface area (Å²) in [4.78, 5) is 28.6. The van der Waals surface area contributed by atoms with Crippen molar-refractivity contribution < 1.29 is 9.53 Å². The molecule has 0 bridgehead atoms. The van der Waals surface area contributed by atoms with Crippen LogP contribution in [0.1, 0.15) is 15.9 Å². The molecule has 4 rings (SSSR count). The van der Waals surface area contributed by atoms with Gasteiger partial charge in [0.05, 0.1) is 36.1 Å². The number of para-hydroxylation sites is 1. The second kappa shape index (κ2) is 4.53. The number of aromatic nitrogens is 2. The lowest BCUT2D eigenvalue weighted by Crippen LogP contribution is -2.20. The number of fused-ring (bicyclic) bond motifs is 4. The molecule has 1 aliphatic rings. The summed E-state index contributed by atoms with van der Waals surface area (Å²) in [5.74, 6) is -0.519. The second-order valence-corrected chi connectivity index (χ2v) is 5.23. The van der Waals surface area contributed by atoms with E-state index >= 15 is 0 Å². The summed E-state index contributed by atoms with van der Waals surface area (Å²) in [6.45, 7) is 0.475. The van der Waals surface area contributed by atoms with Crippen LogP contribution in [-0.4, -0.2) is 22.6 Å². The van der Waals surface area contributed by atoms with Crippen molar-refractivity contribution in [3.63, 3.8) is 0 Å². The van der Waals surface area contributed by atoms with Gasteiger partial charge in [-0.25, -0.2) is 9.78 Å². The average Bonchev–Trinajstić information content (AvgIpc) is 2.90. The van der Waals surface area contributed by atoms with Crippen molar-refractivity contribution in [2.45, 2.75) is 6.54 Å². The number of rotatable bonds is 1. The third-order valence-corrected chi connectivity index (χ3v) is 3.92. The minimum atomic E-state index is -0.519. The molecule has 3 heterocycles. The van der Waals surface area contributed by atoms with Gasteiger partial charge in [0, 0.05) is 17.0 Å². The maximum absolute atomic E-state index is 12.2. The van der Waals surface area contributed by atoms with Gasteiger partial charge in [-0.05, 0) is 18.2 Å². The fourth-order valence-electron chi connectivity index (χ4n) is 2.86. The standard InChI is InChI=1S/C17H12N2O3/c1-22-17(21)11-7-14-16-12(9-19(14)15(20)8-11)6-10-4-2-3-5-13(10)18-16/h2-8H,9H2,1H3. The number of methoxy groups -OCH3 is 1. The quantitative estimate of drug-likeness (QED) is 0.505. The van der Waals surface area contributed by atoms with Gasteiger partial charge in [-0.3, -0.25) is 4.79 Å². The van der Waals surface area contributed by atoms with Gasteiger partial charge in [0.15, 0.2) is 0 Å². The minimum Gasteiger partial charge on any atom is -0.465 e. The van der Waals surface area contributed by atoms with E-state index in [1.54, 1.807) is 10.6 Å². The summed E-state index contributed by atoms with van der Waals surface area (Å²) in [7, 11) is 1.30. The molecule has 0 fully saturated rings. The highest BCUT2D eigenvalue weighted by Gasteiger charge is 2.23. The van der Waals surface area contributed by atoms with Gasteiger partial charge in [0.2, 0.25) is 0 Å². The largest absolute Gasteiger partial charge is 0.465 e. The lowest BCUT2D eigenvalue weighted by Gasteiger charge is -2.05. The van der Waals surface area contributed by atoms with E-state index in [9.17, 15) is 9.59 Å². The topological polar surface area (TPSA) is 61.2 Å². The molecule has 0 amide bonds. The van der Waals surface area contributed by atoms with Crippen molar-refractivity contribution in [3.8, 4) is 11.4 Å². The van der Waals surface area contributed by atoms with Crippen LogP contribution in [0.15, 0.2) is 47.3 Å². The number of hydrogen-bond donors (Lipinski definition) is 0. The van der Waals surface area contributed by atoms with Crippen LogP contribution < -0.4 is 5.56 Å². The SMILES string of the molecule is COC(=O)c1cc2n(c(=O)c1)Cc1cc3ccccc3nc1-2. The van der Waals surface area contributed by atoms with Crippen molar-refractivity contribution >= 4 is 16.9 Å². The van der Waals surface area contributed by atoms with E-state index in [0.29, 0.717) is 12.2 Å². The van der Waals surface area contributed by atoms with Gasteiger partial charge in [0.1, 0.15) is 0 Å². The predicted octanol–water partition coefficient (Wildman–Crippen LogP) is 2.21. The number of esters is 1. The summed E-state index contributed by atoms with van der Waals surface area (Å²) in [5.41, 5.74) is 3.29. The fourth-order valence-corrected chi connectivity index (χ4v) is 2.86. The molecular weight excluding hydrogens is 280 g/mol. The molecule has 5 heteroatoms. The third-order valence-electron chi connectivity index (χ3n) is 3.92. The van der Waals surface area contributed by atoms with E-state index in [2.05, 4.69) is 4.98 Å². The van der Waals surface area contributed by atoms with E-state index < -0.39 is 5.97 Å². The summed E-state index contributed by atoms with van der Waals surface area (Å²) in [5, 5.41) is 1.04. The van der Waals surface area contributed by atoms with Crippen LogP contribution in [0, 0.1) is 0 Å². The Balaban J connectivity index is 1.99. The molecule has 3 aromatic rings. The number of benzene rings is 1. The zero-order valence-electron chi connectivity index (χ0n) is 11.9. The Morgan fingerprint density at radius 1 is 1.23 bits per heavy atom. The van der Waals surface area contributed by atoms with Gasteiger partial charge < -0.3 is 9.30 Å². The van der Waals surface area contributed by atoms with Crippen molar-refractivity contribution in [1.29, 1.82) is 0 Å². The average molecular weight is 292 g/mol. The zero-order valence-corrected chi connectivity index (χ0v) is 11.9.